The lowest BCUT2D eigenvalue weighted by Crippen LogP contribution is -2.50. The Morgan fingerprint density at radius 2 is 0.983 bits per heavy atom. The first-order valence-electron chi connectivity index (χ1n) is 22.6. The maximum Gasteiger partial charge on any atom is 0.362 e. The average molecular weight is 811 g/mol. The molecule has 0 saturated carbocycles. The molecule has 330 valence electrons. The largest absolute Gasteiger partial charge is 0.477 e. The minimum atomic E-state index is -0.888. The Kier molecular flexibility index (Phi) is 37.9. The van der Waals surface area contributed by atoms with Crippen LogP contribution in [0.25, 0.3) is 0 Å². The summed E-state index contributed by atoms with van der Waals surface area (Å²) in [6, 6.07) is -0.629. The quantitative estimate of drug-likeness (QED) is 0.0286. The van der Waals surface area contributed by atoms with Crippen molar-refractivity contribution in [2.75, 3.05) is 41.0 Å². The van der Waals surface area contributed by atoms with Crippen LogP contribution in [0.5, 0.6) is 0 Å². The zero-order chi connectivity index (χ0) is 42.8. The fourth-order valence-electron chi connectivity index (χ4n) is 6.04. The van der Waals surface area contributed by atoms with Crippen LogP contribution in [0.4, 0.5) is 0 Å². The van der Waals surface area contributed by atoms with Crippen molar-refractivity contribution in [1.82, 2.24) is 0 Å². The maximum atomic E-state index is 12.7. The number of hydrogen-bond donors (Lipinski definition) is 1. The SMILES string of the molecule is CC/C=C/C/C=C/C/C=C/C/C=C/C/C=C/C/C=C/CCCC(=O)OCC(COCCC(C(=O)O)[N+](C)(C)C)OC(=O)CCCCC/C=C/CCCCCCCCC. The van der Waals surface area contributed by atoms with E-state index in [0.29, 0.717) is 19.3 Å². The first-order chi connectivity index (χ1) is 28.1. The minimum Gasteiger partial charge on any atom is -0.477 e. The van der Waals surface area contributed by atoms with E-state index in [1.54, 1.807) is 0 Å². The average Bonchev–Trinajstić information content (AvgIpc) is 3.18. The summed E-state index contributed by atoms with van der Waals surface area (Å²) in [7, 11) is 5.50. The fraction of sp³-hybridized carbons (Fsp3) is 0.660. The molecule has 0 rings (SSSR count). The highest BCUT2D eigenvalue weighted by Gasteiger charge is 2.31. The van der Waals surface area contributed by atoms with Crippen LogP contribution >= 0.6 is 0 Å². The van der Waals surface area contributed by atoms with Crippen LogP contribution in [0.2, 0.25) is 0 Å². The number of rotatable bonds is 39. The summed E-state index contributed by atoms with van der Waals surface area (Å²) in [4.78, 5) is 37.0. The highest BCUT2D eigenvalue weighted by Crippen LogP contribution is 2.12. The Bertz CT molecular complexity index is 1220. The van der Waals surface area contributed by atoms with Crippen LogP contribution in [0.3, 0.4) is 0 Å². The molecule has 2 atom stereocenters. The van der Waals surface area contributed by atoms with Gasteiger partial charge in [-0.05, 0) is 83.5 Å². The van der Waals surface area contributed by atoms with E-state index in [-0.39, 0.29) is 42.7 Å². The Hall–Kier alpha value is -3.49. The number of nitrogens with zero attached hydrogens (tertiary/aromatic N) is 1. The molecule has 0 aliphatic heterocycles. The van der Waals surface area contributed by atoms with E-state index >= 15 is 0 Å². The van der Waals surface area contributed by atoms with Crippen LogP contribution in [0, 0.1) is 0 Å². The molecular formula is C50H84NO7+. The predicted octanol–water partition coefficient (Wildman–Crippen LogP) is 12.5. The van der Waals surface area contributed by atoms with Gasteiger partial charge < -0.3 is 23.8 Å². The number of carboxylic acid groups (broad SMARTS) is 1. The Morgan fingerprint density at radius 3 is 1.50 bits per heavy atom. The number of esters is 2. The topological polar surface area (TPSA) is 99.1 Å². The van der Waals surface area contributed by atoms with Gasteiger partial charge in [0, 0.05) is 19.3 Å². The summed E-state index contributed by atoms with van der Waals surface area (Å²) in [6.45, 7) is 4.52. The van der Waals surface area contributed by atoms with E-state index in [1.807, 2.05) is 21.1 Å². The molecule has 0 radical (unpaired) electrons. The number of carbonyl (C=O) groups excluding carboxylic acids is 2. The lowest BCUT2D eigenvalue weighted by Gasteiger charge is -2.31. The summed E-state index contributed by atoms with van der Waals surface area (Å²) in [6.07, 6.45) is 52.1. The van der Waals surface area contributed by atoms with Crippen LogP contribution in [0.1, 0.15) is 162 Å². The number of quaternary nitrogens is 1. The summed E-state index contributed by atoms with van der Waals surface area (Å²) < 4.78 is 17.2. The molecule has 0 heterocycles. The second-order valence-corrected chi connectivity index (χ2v) is 15.9. The summed E-state index contributed by atoms with van der Waals surface area (Å²) in [5.41, 5.74) is 0. The van der Waals surface area contributed by atoms with E-state index in [0.717, 1.165) is 77.0 Å². The van der Waals surface area contributed by atoms with E-state index in [1.165, 1.54) is 44.9 Å². The summed E-state index contributed by atoms with van der Waals surface area (Å²) in [5.74, 6) is -1.57. The molecule has 0 aromatic carbocycles. The number of aliphatic carboxylic acids is 1. The third-order valence-corrected chi connectivity index (χ3v) is 9.53. The number of ether oxygens (including phenoxy) is 3. The van der Waals surface area contributed by atoms with Crippen molar-refractivity contribution >= 4 is 17.9 Å². The highest BCUT2D eigenvalue weighted by molar-refractivity contribution is 5.72. The zero-order valence-electron chi connectivity index (χ0n) is 37.5. The molecule has 0 fully saturated rings. The van der Waals surface area contributed by atoms with E-state index in [2.05, 4.69) is 98.9 Å². The molecule has 0 aromatic rings. The maximum absolute atomic E-state index is 12.7. The molecule has 0 aliphatic carbocycles. The van der Waals surface area contributed by atoms with Gasteiger partial charge in [-0.25, -0.2) is 4.79 Å². The molecule has 0 saturated heterocycles. The monoisotopic (exact) mass is 811 g/mol. The Labute approximate surface area is 354 Å². The van der Waals surface area contributed by atoms with Crippen LogP contribution < -0.4 is 0 Å². The van der Waals surface area contributed by atoms with Crippen molar-refractivity contribution in [3.05, 3.63) is 85.1 Å². The lowest BCUT2D eigenvalue weighted by molar-refractivity contribution is -0.887. The number of carbonyl (C=O) groups is 3. The van der Waals surface area contributed by atoms with Crippen molar-refractivity contribution in [2.45, 2.75) is 174 Å². The van der Waals surface area contributed by atoms with Gasteiger partial charge in [0.15, 0.2) is 12.1 Å². The second kappa shape index (κ2) is 40.3. The predicted molar refractivity (Wildman–Crippen MR) is 243 cm³/mol. The van der Waals surface area contributed by atoms with Crippen molar-refractivity contribution < 1.29 is 38.2 Å². The van der Waals surface area contributed by atoms with Gasteiger partial charge in [-0.3, -0.25) is 9.59 Å². The fourth-order valence-corrected chi connectivity index (χ4v) is 6.04. The Morgan fingerprint density at radius 1 is 0.534 bits per heavy atom. The molecular weight excluding hydrogens is 727 g/mol. The Balaban J connectivity index is 4.46. The normalized spacial score (nSPS) is 13.7. The molecule has 8 nitrogen and oxygen atoms in total. The van der Waals surface area contributed by atoms with Gasteiger partial charge in [-0.2, -0.15) is 0 Å². The lowest BCUT2D eigenvalue weighted by atomic mass is 10.1. The molecule has 0 amide bonds. The van der Waals surface area contributed by atoms with Crippen molar-refractivity contribution in [3.8, 4) is 0 Å². The first kappa shape index (κ1) is 54.5. The van der Waals surface area contributed by atoms with Gasteiger partial charge in [0.2, 0.25) is 0 Å². The summed E-state index contributed by atoms with van der Waals surface area (Å²) >= 11 is 0. The third-order valence-electron chi connectivity index (χ3n) is 9.53. The van der Waals surface area contributed by atoms with E-state index < -0.39 is 18.1 Å². The van der Waals surface area contributed by atoms with E-state index in [4.69, 9.17) is 14.2 Å². The van der Waals surface area contributed by atoms with Gasteiger partial charge >= 0.3 is 17.9 Å². The standard InChI is InChI=1S/C50H83NO7/c1-6-8-10-12-14-16-18-20-22-23-24-25-26-27-29-30-32-34-36-38-40-48(52)57-45-46(44-56-43-42-47(50(54)55)51(3,4)5)58-49(53)41-39-37-35-33-31-28-21-19-17-15-13-11-9-7-2/h8,10,14,16,20,22,24-25,27-29,31-32,34,46-47H,6-7,9,11-13,15,17-19,21,23,26,30,33,35-45H2,1-5H3/p+1/b10-8+,16-14+,22-20+,25-24+,29-27+,31-28+,34-32+. The van der Waals surface area contributed by atoms with Gasteiger partial charge in [0.05, 0.1) is 34.4 Å². The summed E-state index contributed by atoms with van der Waals surface area (Å²) in [5, 5.41) is 9.62. The molecule has 0 aliphatic rings. The number of allylic oxidation sites excluding steroid dienone is 14. The highest BCUT2D eigenvalue weighted by atomic mass is 16.6. The van der Waals surface area contributed by atoms with Crippen LogP contribution in [-0.2, 0) is 28.6 Å². The molecule has 0 spiro atoms. The minimum absolute atomic E-state index is 0.0323. The van der Waals surface area contributed by atoms with Gasteiger partial charge in [0.25, 0.3) is 0 Å². The van der Waals surface area contributed by atoms with E-state index in [9.17, 15) is 19.5 Å². The van der Waals surface area contributed by atoms with Gasteiger partial charge in [-0.1, -0.05) is 144 Å². The van der Waals surface area contributed by atoms with Crippen molar-refractivity contribution in [3.63, 3.8) is 0 Å². The van der Waals surface area contributed by atoms with Crippen molar-refractivity contribution in [1.29, 1.82) is 0 Å². The molecule has 0 bridgehead atoms. The van der Waals surface area contributed by atoms with Crippen LogP contribution in [-0.4, -0.2) is 80.6 Å². The third kappa shape index (κ3) is 38.1. The number of hydrogen-bond acceptors (Lipinski definition) is 6. The molecule has 0 aromatic heterocycles. The number of carboxylic acids is 1. The zero-order valence-corrected chi connectivity index (χ0v) is 37.5. The number of unbranched alkanes of at least 4 members (excludes halogenated alkanes) is 11. The van der Waals surface area contributed by atoms with Crippen molar-refractivity contribution in [2.24, 2.45) is 0 Å². The molecule has 2 unspecified atom stereocenters. The molecule has 58 heavy (non-hydrogen) atoms. The second-order valence-electron chi connectivity index (χ2n) is 15.9. The molecule has 1 N–H and O–H groups in total. The van der Waals surface area contributed by atoms with Crippen LogP contribution in [0.15, 0.2) is 85.1 Å². The smallest absolute Gasteiger partial charge is 0.362 e. The first-order valence-corrected chi connectivity index (χ1v) is 22.6. The van der Waals surface area contributed by atoms with Gasteiger partial charge in [-0.15, -0.1) is 0 Å². The molecule has 8 heteroatoms. The number of likely N-dealkylation sites (N-methyl/N-ethyl adjacent to an activating group) is 1. The van der Waals surface area contributed by atoms with Gasteiger partial charge in [0.1, 0.15) is 6.61 Å².